The molecule has 0 radical (unpaired) electrons. The first-order valence-corrected chi connectivity index (χ1v) is 10.6. The zero-order chi connectivity index (χ0) is 22.5. The molecule has 1 aliphatic rings. The number of nitriles is 1. The largest absolute Gasteiger partial charge is 0.381 e. The first-order valence-electron chi connectivity index (χ1n) is 10.6. The standard InChI is InChI=1S/C23H25N7O2/c1-15-12-25-23(28-19-13-26-30(14-19)20-7-9-32-10-8-20)29-21(15)17-3-5-18(6-4-17)22(31)27-16(2)11-24/h3-6,12-14,16,20H,7-10H2,1-2H3,(H,27,31)(H,25,28,29)/t16-/m1/s1. The molecule has 0 spiro atoms. The van der Waals surface area contributed by atoms with Gasteiger partial charge in [0.05, 0.1) is 29.7 Å². The number of aromatic nitrogens is 4. The van der Waals surface area contributed by atoms with E-state index >= 15 is 0 Å². The highest BCUT2D eigenvalue weighted by molar-refractivity contribution is 5.95. The van der Waals surface area contributed by atoms with E-state index < -0.39 is 6.04 Å². The minimum Gasteiger partial charge on any atom is -0.381 e. The van der Waals surface area contributed by atoms with Gasteiger partial charge in [0.1, 0.15) is 6.04 Å². The number of benzene rings is 1. The number of anilines is 2. The van der Waals surface area contributed by atoms with Crippen molar-refractivity contribution < 1.29 is 9.53 Å². The number of amides is 1. The number of rotatable bonds is 6. The van der Waals surface area contributed by atoms with Gasteiger partial charge >= 0.3 is 0 Å². The Morgan fingerprint density at radius 3 is 2.72 bits per heavy atom. The Hall–Kier alpha value is -3.77. The molecule has 1 aromatic carbocycles. The Labute approximate surface area is 186 Å². The van der Waals surface area contributed by atoms with Crippen molar-refractivity contribution in [2.45, 2.75) is 38.8 Å². The normalized spacial score (nSPS) is 15.0. The second-order valence-electron chi connectivity index (χ2n) is 7.80. The van der Waals surface area contributed by atoms with Crippen LogP contribution < -0.4 is 10.6 Å². The van der Waals surface area contributed by atoms with E-state index in [1.807, 2.05) is 36.0 Å². The van der Waals surface area contributed by atoms with Crippen molar-refractivity contribution in [3.8, 4) is 17.3 Å². The Morgan fingerprint density at radius 1 is 1.25 bits per heavy atom. The molecule has 1 saturated heterocycles. The van der Waals surface area contributed by atoms with Crippen LogP contribution in [0.15, 0.2) is 42.9 Å². The number of aryl methyl sites for hydroxylation is 1. The van der Waals surface area contributed by atoms with Crippen molar-refractivity contribution in [3.05, 3.63) is 54.0 Å². The third-order valence-corrected chi connectivity index (χ3v) is 5.36. The van der Waals surface area contributed by atoms with Gasteiger partial charge in [-0.05, 0) is 44.4 Å². The number of nitrogens with one attached hydrogen (secondary N) is 2. The molecule has 3 aromatic rings. The highest BCUT2D eigenvalue weighted by Crippen LogP contribution is 2.25. The van der Waals surface area contributed by atoms with Crippen molar-refractivity contribution in [1.82, 2.24) is 25.1 Å². The molecule has 1 fully saturated rings. The van der Waals surface area contributed by atoms with E-state index in [9.17, 15) is 4.79 Å². The van der Waals surface area contributed by atoms with Gasteiger partial charge in [0.2, 0.25) is 5.95 Å². The number of hydrogen-bond acceptors (Lipinski definition) is 7. The van der Waals surface area contributed by atoms with Gasteiger partial charge in [-0.25, -0.2) is 9.97 Å². The minimum atomic E-state index is -0.546. The lowest BCUT2D eigenvalue weighted by atomic mass is 10.1. The fraction of sp³-hybridized carbons (Fsp3) is 0.348. The molecule has 3 heterocycles. The lowest BCUT2D eigenvalue weighted by molar-refractivity contribution is 0.0662. The van der Waals surface area contributed by atoms with Gasteiger partial charge < -0.3 is 15.4 Å². The topological polar surface area (TPSA) is 118 Å². The van der Waals surface area contributed by atoms with Crippen LogP contribution in [0, 0.1) is 18.3 Å². The quantitative estimate of drug-likeness (QED) is 0.614. The van der Waals surface area contributed by atoms with Gasteiger partial charge in [-0.1, -0.05) is 12.1 Å². The van der Waals surface area contributed by atoms with E-state index in [2.05, 4.69) is 25.7 Å². The smallest absolute Gasteiger partial charge is 0.252 e. The molecule has 4 rings (SSSR count). The van der Waals surface area contributed by atoms with E-state index in [1.54, 1.807) is 31.5 Å². The average molecular weight is 432 g/mol. The second kappa shape index (κ2) is 9.58. The van der Waals surface area contributed by atoms with Crippen LogP contribution in [0.25, 0.3) is 11.3 Å². The van der Waals surface area contributed by atoms with Crippen molar-refractivity contribution in [1.29, 1.82) is 5.26 Å². The lowest BCUT2D eigenvalue weighted by Crippen LogP contribution is -2.31. The van der Waals surface area contributed by atoms with E-state index in [1.165, 1.54) is 0 Å². The van der Waals surface area contributed by atoms with Crippen LogP contribution in [0.1, 0.15) is 41.7 Å². The summed E-state index contributed by atoms with van der Waals surface area (Å²) in [6, 6.07) is 8.92. The summed E-state index contributed by atoms with van der Waals surface area (Å²) in [5, 5.41) is 19.2. The highest BCUT2D eigenvalue weighted by Gasteiger charge is 2.17. The molecule has 164 valence electrons. The van der Waals surface area contributed by atoms with Gasteiger partial charge in [0.15, 0.2) is 0 Å². The molecule has 2 N–H and O–H groups in total. The number of ether oxygens (including phenoxy) is 1. The van der Waals surface area contributed by atoms with Crippen LogP contribution in [-0.4, -0.2) is 44.9 Å². The second-order valence-corrected chi connectivity index (χ2v) is 7.80. The molecule has 9 heteroatoms. The van der Waals surface area contributed by atoms with Crippen LogP contribution in [0.3, 0.4) is 0 Å². The zero-order valence-electron chi connectivity index (χ0n) is 18.1. The zero-order valence-corrected chi connectivity index (χ0v) is 18.1. The molecule has 0 aliphatic carbocycles. The average Bonchev–Trinajstić information content (AvgIpc) is 3.29. The van der Waals surface area contributed by atoms with E-state index in [-0.39, 0.29) is 5.91 Å². The van der Waals surface area contributed by atoms with Crippen LogP contribution in [0.5, 0.6) is 0 Å². The van der Waals surface area contributed by atoms with Crippen LogP contribution in [0.4, 0.5) is 11.6 Å². The lowest BCUT2D eigenvalue weighted by Gasteiger charge is -2.22. The highest BCUT2D eigenvalue weighted by atomic mass is 16.5. The maximum Gasteiger partial charge on any atom is 0.252 e. The molecule has 0 unspecified atom stereocenters. The molecule has 9 nitrogen and oxygen atoms in total. The first kappa shape index (κ1) is 21.5. The Bertz CT molecular complexity index is 1130. The molecule has 1 aliphatic heterocycles. The fourth-order valence-electron chi connectivity index (χ4n) is 3.57. The maximum absolute atomic E-state index is 12.2. The monoisotopic (exact) mass is 431 g/mol. The number of carbonyl (C=O) groups excluding carboxylic acids is 1. The summed E-state index contributed by atoms with van der Waals surface area (Å²) in [4.78, 5) is 21.3. The summed E-state index contributed by atoms with van der Waals surface area (Å²) in [5.74, 6) is 0.190. The number of hydrogen-bond donors (Lipinski definition) is 2. The summed E-state index contributed by atoms with van der Waals surface area (Å²) in [6.07, 6.45) is 7.41. The van der Waals surface area contributed by atoms with Crippen LogP contribution in [-0.2, 0) is 4.74 Å². The fourth-order valence-corrected chi connectivity index (χ4v) is 3.57. The molecule has 0 saturated carbocycles. The third kappa shape index (κ3) is 4.92. The number of nitrogens with zero attached hydrogens (tertiary/aromatic N) is 5. The van der Waals surface area contributed by atoms with E-state index in [4.69, 9.17) is 10.00 Å². The summed E-state index contributed by atoms with van der Waals surface area (Å²) < 4.78 is 7.39. The molecule has 0 bridgehead atoms. The molecule has 2 aromatic heterocycles. The van der Waals surface area contributed by atoms with Gasteiger partial charge in [0, 0.05) is 36.7 Å². The van der Waals surface area contributed by atoms with E-state index in [0.717, 1.165) is 48.6 Å². The summed E-state index contributed by atoms with van der Waals surface area (Å²) in [5.41, 5.74) is 3.88. The van der Waals surface area contributed by atoms with Crippen LogP contribution in [0.2, 0.25) is 0 Å². The van der Waals surface area contributed by atoms with Crippen molar-refractivity contribution in [2.75, 3.05) is 18.5 Å². The summed E-state index contributed by atoms with van der Waals surface area (Å²) in [7, 11) is 0. The Kier molecular flexibility index (Phi) is 6.42. The Balaban J connectivity index is 1.49. The number of carbonyl (C=O) groups is 1. The van der Waals surface area contributed by atoms with Crippen molar-refractivity contribution in [2.24, 2.45) is 0 Å². The summed E-state index contributed by atoms with van der Waals surface area (Å²) in [6.45, 7) is 5.10. The minimum absolute atomic E-state index is 0.283. The third-order valence-electron chi connectivity index (χ3n) is 5.36. The van der Waals surface area contributed by atoms with E-state index in [0.29, 0.717) is 17.6 Å². The Morgan fingerprint density at radius 2 is 2.00 bits per heavy atom. The summed E-state index contributed by atoms with van der Waals surface area (Å²) >= 11 is 0. The predicted molar refractivity (Wildman–Crippen MR) is 119 cm³/mol. The SMILES string of the molecule is Cc1cnc(Nc2cnn(C3CCOCC3)c2)nc1-c1ccc(C(=O)N[C@H](C)C#N)cc1. The molecule has 32 heavy (non-hydrogen) atoms. The van der Waals surface area contributed by atoms with Gasteiger partial charge in [-0.3, -0.25) is 9.48 Å². The maximum atomic E-state index is 12.2. The predicted octanol–water partition coefficient (Wildman–Crippen LogP) is 3.39. The van der Waals surface area contributed by atoms with Crippen LogP contribution >= 0.6 is 0 Å². The van der Waals surface area contributed by atoms with Crippen molar-refractivity contribution in [3.63, 3.8) is 0 Å². The molecular weight excluding hydrogens is 406 g/mol. The van der Waals surface area contributed by atoms with Gasteiger partial charge in [-0.2, -0.15) is 10.4 Å². The van der Waals surface area contributed by atoms with Gasteiger partial charge in [0.25, 0.3) is 5.91 Å². The first-order chi connectivity index (χ1) is 15.5. The van der Waals surface area contributed by atoms with Gasteiger partial charge in [-0.15, -0.1) is 0 Å². The molecule has 1 atom stereocenters. The molecule has 1 amide bonds. The van der Waals surface area contributed by atoms with Crippen molar-refractivity contribution >= 4 is 17.5 Å². The molecular formula is C23H25N7O2.